The number of carbonyl (C=O) groups is 1. The fourth-order valence-electron chi connectivity index (χ4n) is 2.96. The van der Waals surface area contributed by atoms with Gasteiger partial charge in [-0.1, -0.05) is 23.7 Å². The van der Waals surface area contributed by atoms with Crippen molar-refractivity contribution in [3.63, 3.8) is 0 Å². The fraction of sp³-hybridized carbons (Fsp3) is 0.105. The second-order valence-corrected chi connectivity index (χ2v) is 9.23. The number of nitrogens with one attached hydrogen (secondary N) is 2. The number of amides is 1. The molecule has 8 nitrogen and oxygen atoms in total. The van der Waals surface area contributed by atoms with Crippen LogP contribution < -0.4 is 10.0 Å². The van der Waals surface area contributed by atoms with Crippen molar-refractivity contribution < 1.29 is 13.2 Å². The van der Waals surface area contributed by atoms with Gasteiger partial charge < -0.3 is 9.88 Å². The molecular formula is C19H16ClN5O3S2. The third kappa shape index (κ3) is 4.45. The minimum absolute atomic E-state index is 0.0594. The van der Waals surface area contributed by atoms with Gasteiger partial charge in [-0.3, -0.25) is 9.52 Å². The first kappa shape index (κ1) is 20.3. The second-order valence-electron chi connectivity index (χ2n) is 6.36. The summed E-state index contributed by atoms with van der Waals surface area (Å²) in [6.45, 7) is 0.470. The Morgan fingerprint density at radius 1 is 1.13 bits per heavy atom. The quantitative estimate of drug-likeness (QED) is 0.433. The van der Waals surface area contributed by atoms with Crippen LogP contribution >= 0.6 is 23.1 Å². The van der Waals surface area contributed by atoms with Crippen molar-refractivity contribution in [2.45, 2.75) is 17.9 Å². The number of hydrogen-bond donors (Lipinski definition) is 2. The maximum atomic E-state index is 12.3. The van der Waals surface area contributed by atoms with Gasteiger partial charge in [-0.2, -0.15) is 4.37 Å². The van der Waals surface area contributed by atoms with E-state index < -0.39 is 10.0 Å². The molecule has 154 valence electrons. The molecule has 0 atom stereocenters. The molecule has 30 heavy (non-hydrogen) atoms. The molecule has 0 unspecified atom stereocenters. The highest BCUT2D eigenvalue weighted by atomic mass is 35.5. The number of aromatic nitrogens is 3. The SMILES string of the molecule is O=C(CCn1ccc2cccc(Cl)c21)Nc1ccc(S(=O)(=O)Nc2ncns2)cc1. The Morgan fingerprint density at radius 3 is 2.67 bits per heavy atom. The van der Waals surface area contributed by atoms with Gasteiger partial charge in [0.2, 0.25) is 11.0 Å². The molecular weight excluding hydrogens is 446 g/mol. The van der Waals surface area contributed by atoms with E-state index in [0.29, 0.717) is 17.3 Å². The van der Waals surface area contributed by atoms with E-state index in [2.05, 4.69) is 19.4 Å². The van der Waals surface area contributed by atoms with Crippen LogP contribution in [-0.4, -0.2) is 28.2 Å². The summed E-state index contributed by atoms with van der Waals surface area (Å²) in [5, 5.41) is 4.61. The lowest BCUT2D eigenvalue weighted by molar-refractivity contribution is -0.116. The van der Waals surface area contributed by atoms with Crippen molar-refractivity contribution >= 4 is 60.8 Å². The molecule has 0 aliphatic rings. The number of fused-ring (bicyclic) bond motifs is 1. The van der Waals surface area contributed by atoms with E-state index in [1.165, 1.54) is 30.6 Å². The Bertz CT molecular complexity index is 1290. The topological polar surface area (TPSA) is 106 Å². The molecule has 2 heterocycles. The van der Waals surface area contributed by atoms with Gasteiger partial charge in [-0.25, -0.2) is 13.4 Å². The van der Waals surface area contributed by atoms with Gasteiger partial charge >= 0.3 is 0 Å². The molecule has 4 rings (SSSR count). The number of carbonyl (C=O) groups excluding carboxylic acids is 1. The minimum atomic E-state index is -3.76. The van der Waals surface area contributed by atoms with Gasteiger partial charge in [0.1, 0.15) is 6.33 Å². The molecule has 0 saturated carbocycles. The van der Waals surface area contributed by atoms with E-state index >= 15 is 0 Å². The molecule has 2 aromatic carbocycles. The third-order valence-corrected chi connectivity index (χ3v) is 6.72. The number of nitrogens with zero attached hydrogens (tertiary/aromatic N) is 3. The lowest BCUT2D eigenvalue weighted by Gasteiger charge is -2.09. The van der Waals surface area contributed by atoms with E-state index in [1.807, 2.05) is 35.0 Å². The number of aryl methyl sites for hydroxylation is 1. The van der Waals surface area contributed by atoms with Gasteiger partial charge in [0, 0.05) is 41.8 Å². The highest BCUT2D eigenvalue weighted by Crippen LogP contribution is 2.24. The molecule has 0 bridgehead atoms. The Hall–Kier alpha value is -2.95. The van der Waals surface area contributed by atoms with E-state index in [1.54, 1.807) is 0 Å². The van der Waals surface area contributed by atoms with E-state index in [4.69, 9.17) is 11.6 Å². The molecule has 4 aromatic rings. The highest BCUT2D eigenvalue weighted by molar-refractivity contribution is 7.93. The summed E-state index contributed by atoms with van der Waals surface area (Å²) in [4.78, 5) is 16.2. The molecule has 0 fully saturated rings. The van der Waals surface area contributed by atoms with Crippen LogP contribution in [0.25, 0.3) is 10.9 Å². The molecule has 0 spiro atoms. The first-order valence-corrected chi connectivity index (χ1v) is 11.5. The number of benzene rings is 2. The lowest BCUT2D eigenvalue weighted by Crippen LogP contribution is -2.15. The van der Waals surface area contributed by atoms with Crippen molar-refractivity contribution in [2.24, 2.45) is 0 Å². The zero-order valence-corrected chi connectivity index (χ0v) is 17.8. The lowest BCUT2D eigenvalue weighted by atomic mass is 10.2. The summed E-state index contributed by atoms with van der Waals surface area (Å²) in [7, 11) is -3.76. The monoisotopic (exact) mass is 461 g/mol. The second kappa shape index (κ2) is 8.42. The Labute approximate surface area is 181 Å². The van der Waals surface area contributed by atoms with Crippen molar-refractivity contribution in [3.8, 4) is 0 Å². The van der Waals surface area contributed by atoms with Crippen LogP contribution in [0, 0.1) is 0 Å². The zero-order valence-electron chi connectivity index (χ0n) is 15.4. The highest BCUT2D eigenvalue weighted by Gasteiger charge is 2.16. The smallest absolute Gasteiger partial charge is 0.263 e. The van der Waals surface area contributed by atoms with Crippen molar-refractivity contribution in [1.82, 2.24) is 13.9 Å². The fourth-order valence-corrected chi connectivity index (χ4v) is 4.91. The summed E-state index contributed by atoms with van der Waals surface area (Å²) in [5.74, 6) is -0.188. The average Bonchev–Trinajstić information content (AvgIpc) is 3.37. The van der Waals surface area contributed by atoms with Crippen LogP contribution in [0.15, 0.2) is 66.0 Å². The standard InChI is InChI=1S/C19H16ClN5O3S2/c20-16-3-1-2-13-8-10-25(18(13)16)11-9-17(26)23-14-4-6-15(7-5-14)30(27,28)24-19-21-12-22-29-19/h1-8,10,12H,9,11H2,(H,23,26)(H,21,22,24). The van der Waals surface area contributed by atoms with Gasteiger partial charge in [0.05, 0.1) is 15.4 Å². The van der Waals surface area contributed by atoms with Crippen LogP contribution in [0.5, 0.6) is 0 Å². The molecule has 2 aromatic heterocycles. The zero-order chi connectivity index (χ0) is 21.1. The van der Waals surface area contributed by atoms with Crippen LogP contribution in [0.1, 0.15) is 6.42 Å². The summed E-state index contributed by atoms with van der Waals surface area (Å²) in [6, 6.07) is 13.5. The number of sulfonamides is 1. The van der Waals surface area contributed by atoms with Crippen molar-refractivity contribution in [3.05, 3.63) is 66.1 Å². The van der Waals surface area contributed by atoms with Crippen molar-refractivity contribution in [1.29, 1.82) is 0 Å². The van der Waals surface area contributed by atoms with Gasteiger partial charge in [0.15, 0.2) is 0 Å². The minimum Gasteiger partial charge on any atom is -0.346 e. The van der Waals surface area contributed by atoms with Crippen molar-refractivity contribution in [2.75, 3.05) is 10.0 Å². The summed E-state index contributed by atoms with van der Waals surface area (Å²) in [6.07, 6.45) is 3.41. The summed E-state index contributed by atoms with van der Waals surface area (Å²) < 4.78 is 32.7. The predicted octanol–water partition coefficient (Wildman–Crippen LogP) is 3.98. The molecule has 11 heteroatoms. The summed E-state index contributed by atoms with van der Waals surface area (Å²) >= 11 is 7.21. The average molecular weight is 462 g/mol. The predicted molar refractivity (Wildman–Crippen MR) is 117 cm³/mol. The molecule has 0 aliphatic heterocycles. The largest absolute Gasteiger partial charge is 0.346 e. The first-order chi connectivity index (χ1) is 14.4. The van der Waals surface area contributed by atoms with Crippen LogP contribution in [0.3, 0.4) is 0 Å². The van der Waals surface area contributed by atoms with Gasteiger partial charge in [-0.15, -0.1) is 0 Å². The maximum absolute atomic E-state index is 12.3. The molecule has 0 radical (unpaired) electrons. The van der Waals surface area contributed by atoms with E-state index in [9.17, 15) is 13.2 Å². The normalized spacial score (nSPS) is 11.5. The Kier molecular flexibility index (Phi) is 5.71. The van der Waals surface area contributed by atoms with Gasteiger partial charge in [-0.05, 0) is 36.4 Å². The molecule has 2 N–H and O–H groups in total. The maximum Gasteiger partial charge on any atom is 0.263 e. The number of anilines is 2. The first-order valence-electron chi connectivity index (χ1n) is 8.85. The molecule has 0 aliphatic carbocycles. The van der Waals surface area contributed by atoms with E-state index in [0.717, 1.165) is 22.4 Å². The molecule has 1 amide bonds. The van der Waals surface area contributed by atoms with Crippen LogP contribution in [0.4, 0.5) is 10.8 Å². The number of hydrogen-bond acceptors (Lipinski definition) is 6. The third-order valence-electron chi connectivity index (χ3n) is 4.35. The molecule has 0 saturated heterocycles. The van der Waals surface area contributed by atoms with Crippen LogP contribution in [0.2, 0.25) is 5.02 Å². The van der Waals surface area contributed by atoms with Gasteiger partial charge in [0.25, 0.3) is 10.0 Å². The number of halogens is 1. The number of para-hydroxylation sites is 1. The van der Waals surface area contributed by atoms with Crippen LogP contribution in [-0.2, 0) is 21.4 Å². The Balaban J connectivity index is 1.38. The Morgan fingerprint density at radius 2 is 1.93 bits per heavy atom. The number of rotatable bonds is 7. The van der Waals surface area contributed by atoms with E-state index in [-0.39, 0.29) is 22.4 Å². The summed E-state index contributed by atoms with van der Waals surface area (Å²) in [5.41, 5.74) is 1.40.